The molecule has 0 amide bonds. The highest BCUT2D eigenvalue weighted by molar-refractivity contribution is 6.02. The van der Waals surface area contributed by atoms with Gasteiger partial charge in [0.05, 0.1) is 36.5 Å². The molecular formula is C28H30FN3O3. The molecule has 1 aliphatic carbocycles. The van der Waals surface area contributed by atoms with E-state index in [9.17, 15) is 14.4 Å². The SMILES string of the molecule is CCOc1ccc(OCC)c(C2C(C#N)=C(N)N(c3cccc(F)c3)C3=C2C(=O)CC(C)(C)C3)c1. The van der Waals surface area contributed by atoms with E-state index in [4.69, 9.17) is 15.2 Å². The molecule has 1 heterocycles. The largest absolute Gasteiger partial charge is 0.494 e. The molecule has 2 aromatic carbocycles. The molecule has 0 radical (unpaired) electrons. The van der Waals surface area contributed by atoms with Crippen LogP contribution in [0.4, 0.5) is 10.1 Å². The van der Waals surface area contributed by atoms with Crippen LogP contribution in [0.1, 0.15) is 52.0 Å². The smallest absolute Gasteiger partial charge is 0.162 e. The van der Waals surface area contributed by atoms with Gasteiger partial charge in [-0.05, 0) is 62.1 Å². The van der Waals surface area contributed by atoms with Gasteiger partial charge in [0.25, 0.3) is 0 Å². The van der Waals surface area contributed by atoms with Crippen LogP contribution < -0.4 is 20.1 Å². The number of ketones is 1. The number of benzene rings is 2. The Morgan fingerprint density at radius 1 is 1.14 bits per heavy atom. The normalized spacial score (nSPS) is 19.4. The van der Waals surface area contributed by atoms with E-state index < -0.39 is 11.7 Å². The lowest BCUT2D eigenvalue weighted by molar-refractivity contribution is -0.118. The number of rotatable bonds is 6. The van der Waals surface area contributed by atoms with Crippen LogP contribution in [-0.4, -0.2) is 19.0 Å². The molecule has 0 saturated heterocycles. The maximum absolute atomic E-state index is 14.2. The topological polar surface area (TPSA) is 88.6 Å². The predicted octanol–water partition coefficient (Wildman–Crippen LogP) is 5.56. The number of carbonyl (C=O) groups is 1. The first-order valence-corrected chi connectivity index (χ1v) is 11.8. The molecule has 182 valence electrons. The number of nitrogens with two attached hydrogens (primary N) is 1. The number of Topliss-reactive ketones (excluding diaryl/α,β-unsaturated/α-hetero) is 1. The number of halogens is 1. The Labute approximate surface area is 205 Å². The molecule has 4 rings (SSSR count). The summed E-state index contributed by atoms with van der Waals surface area (Å²) in [6.07, 6.45) is 0.864. The number of nitrogens with zero attached hydrogens (tertiary/aromatic N) is 2. The van der Waals surface area contributed by atoms with E-state index in [-0.39, 0.29) is 22.6 Å². The number of allylic oxidation sites excluding steroid dienone is 3. The van der Waals surface area contributed by atoms with Crippen molar-refractivity contribution in [2.45, 2.75) is 46.5 Å². The predicted molar refractivity (Wildman–Crippen MR) is 132 cm³/mol. The number of carbonyl (C=O) groups excluding carboxylic acids is 1. The summed E-state index contributed by atoms with van der Waals surface area (Å²) >= 11 is 0. The van der Waals surface area contributed by atoms with Gasteiger partial charge in [0, 0.05) is 23.3 Å². The van der Waals surface area contributed by atoms with Gasteiger partial charge in [-0.3, -0.25) is 9.69 Å². The van der Waals surface area contributed by atoms with E-state index in [0.717, 1.165) is 0 Å². The minimum Gasteiger partial charge on any atom is -0.494 e. The van der Waals surface area contributed by atoms with Crippen molar-refractivity contribution >= 4 is 11.5 Å². The fourth-order valence-corrected chi connectivity index (χ4v) is 5.03. The third-order valence-electron chi connectivity index (χ3n) is 6.35. The van der Waals surface area contributed by atoms with Crippen molar-refractivity contribution in [1.29, 1.82) is 5.26 Å². The Balaban J connectivity index is 2.02. The fourth-order valence-electron chi connectivity index (χ4n) is 5.03. The lowest BCUT2D eigenvalue weighted by atomic mass is 9.68. The number of ether oxygens (including phenoxy) is 2. The van der Waals surface area contributed by atoms with Gasteiger partial charge in [0.2, 0.25) is 0 Å². The van der Waals surface area contributed by atoms with Crippen molar-refractivity contribution < 1.29 is 18.7 Å². The maximum atomic E-state index is 14.2. The molecule has 0 fully saturated rings. The minimum absolute atomic E-state index is 0.0628. The van der Waals surface area contributed by atoms with E-state index in [0.29, 0.717) is 60.1 Å². The molecule has 2 aliphatic rings. The molecule has 2 N–H and O–H groups in total. The molecule has 0 saturated carbocycles. The standard InChI is InChI=1S/C28H30FN3O3/c1-5-34-19-10-11-24(35-6-2)20(13-19)25-21(16-30)27(31)32(18-9-7-8-17(29)12-18)22-14-28(3,4)15-23(33)26(22)25/h7-13,25H,5-6,14-15,31H2,1-4H3. The van der Waals surface area contributed by atoms with Gasteiger partial charge in [-0.25, -0.2) is 4.39 Å². The highest BCUT2D eigenvalue weighted by Gasteiger charge is 2.45. The summed E-state index contributed by atoms with van der Waals surface area (Å²) in [4.78, 5) is 15.4. The Morgan fingerprint density at radius 3 is 2.54 bits per heavy atom. The summed E-state index contributed by atoms with van der Waals surface area (Å²) in [7, 11) is 0. The Hall–Kier alpha value is -3.79. The van der Waals surface area contributed by atoms with Gasteiger partial charge in [0.15, 0.2) is 5.78 Å². The zero-order chi connectivity index (χ0) is 25.3. The first-order chi connectivity index (χ1) is 16.7. The molecule has 0 spiro atoms. The molecule has 1 atom stereocenters. The zero-order valence-electron chi connectivity index (χ0n) is 20.5. The van der Waals surface area contributed by atoms with Crippen LogP contribution in [0, 0.1) is 22.6 Å². The second kappa shape index (κ2) is 9.46. The molecule has 7 heteroatoms. The summed E-state index contributed by atoms with van der Waals surface area (Å²) in [5, 5.41) is 10.3. The molecule has 1 unspecified atom stereocenters. The Kier molecular flexibility index (Phi) is 6.58. The summed E-state index contributed by atoms with van der Waals surface area (Å²) in [5.41, 5.74) is 8.84. The summed E-state index contributed by atoms with van der Waals surface area (Å²) in [6, 6.07) is 13.7. The molecule has 6 nitrogen and oxygen atoms in total. The quantitative estimate of drug-likeness (QED) is 0.588. The fraction of sp³-hybridized carbons (Fsp3) is 0.357. The molecule has 35 heavy (non-hydrogen) atoms. The number of hydrogen-bond donors (Lipinski definition) is 1. The zero-order valence-corrected chi connectivity index (χ0v) is 20.5. The van der Waals surface area contributed by atoms with Gasteiger partial charge in [-0.2, -0.15) is 5.26 Å². The monoisotopic (exact) mass is 475 g/mol. The Bertz CT molecular complexity index is 1270. The average molecular weight is 476 g/mol. The third-order valence-corrected chi connectivity index (χ3v) is 6.35. The van der Waals surface area contributed by atoms with Crippen molar-refractivity contribution in [2.75, 3.05) is 18.1 Å². The summed E-state index contributed by atoms with van der Waals surface area (Å²) in [6.45, 7) is 8.69. The molecular weight excluding hydrogens is 445 g/mol. The first kappa shape index (κ1) is 24.3. The number of anilines is 1. The summed E-state index contributed by atoms with van der Waals surface area (Å²) < 4.78 is 25.9. The summed E-state index contributed by atoms with van der Waals surface area (Å²) in [5.74, 6) is 0.141. The highest BCUT2D eigenvalue weighted by Crippen LogP contribution is 2.52. The van der Waals surface area contributed by atoms with Crippen LogP contribution in [0.5, 0.6) is 11.5 Å². The van der Waals surface area contributed by atoms with Crippen molar-refractivity contribution in [3.05, 3.63) is 76.5 Å². The molecule has 2 aromatic rings. The van der Waals surface area contributed by atoms with Crippen molar-refractivity contribution in [3.63, 3.8) is 0 Å². The second-order valence-electron chi connectivity index (χ2n) is 9.53. The van der Waals surface area contributed by atoms with Crippen molar-refractivity contribution in [3.8, 4) is 17.6 Å². The lowest BCUT2D eigenvalue weighted by Gasteiger charge is -2.44. The van der Waals surface area contributed by atoms with Crippen LogP contribution in [0.3, 0.4) is 0 Å². The lowest BCUT2D eigenvalue weighted by Crippen LogP contribution is -2.42. The van der Waals surface area contributed by atoms with E-state index >= 15 is 0 Å². The van der Waals surface area contributed by atoms with Gasteiger partial charge >= 0.3 is 0 Å². The van der Waals surface area contributed by atoms with E-state index in [1.54, 1.807) is 29.2 Å². The average Bonchev–Trinajstić information content (AvgIpc) is 2.79. The molecule has 0 bridgehead atoms. The van der Waals surface area contributed by atoms with Crippen LogP contribution in [0.2, 0.25) is 0 Å². The first-order valence-electron chi connectivity index (χ1n) is 11.8. The Morgan fingerprint density at radius 2 is 1.89 bits per heavy atom. The number of nitriles is 1. The molecule has 1 aliphatic heterocycles. The van der Waals surface area contributed by atoms with Crippen LogP contribution >= 0.6 is 0 Å². The number of hydrogen-bond acceptors (Lipinski definition) is 6. The molecule has 0 aromatic heterocycles. The van der Waals surface area contributed by atoms with Crippen LogP contribution in [0.25, 0.3) is 0 Å². The van der Waals surface area contributed by atoms with Gasteiger partial charge in [0.1, 0.15) is 23.1 Å². The van der Waals surface area contributed by atoms with Crippen LogP contribution in [-0.2, 0) is 4.79 Å². The van der Waals surface area contributed by atoms with Gasteiger partial charge < -0.3 is 15.2 Å². The van der Waals surface area contributed by atoms with Crippen LogP contribution in [0.15, 0.2) is 65.1 Å². The van der Waals surface area contributed by atoms with Crippen molar-refractivity contribution in [2.24, 2.45) is 11.1 Å². The highest BCUT2D eigenvalue weighted by atomic mass is 19.1. The maximum Gasteiger partial charge on any atom is 0.162 e. The van der Waals surface area contributed by atoms with Gasteiger partial charge in [-0.15, -0.1) is 0 Å². The minimum atomic E-state index is -0.717. The van der Waals surface area contributed by atoms with Gasteiger partial charge in [-0.1, -0.05) is 19.9 Å². The van der Waals surface area contributed by atoms with E-state index in [1.165, 1.54) is 12.1 Å². The van der Waals surface area contributed by atoms with E-state index in [1.807, 2.05) is 33.8 Å². The van der Waals surface area contributed by atoms with Crippen molar-refractivity contribution in [1.82, 2.24) is 0 Å². The van der Waals surface area contributed by atoms with E-state index in [2.05, 4.69) is 6.07 Å². The third kappa shape index (κ3) is 4.49. The second-order valence-corrected chi connectivity index (χ2v) is 9.53.